The first-order chi connectivity index (χ1) is 13.8. The van der Waals surface area contributed by atoms with Gasteiger partial charge in [-0.1, -0.05) is 12.1 Å². The van der Waals surface area contributed by atoms with Gasteiger partial charge in [0.25, 0.3) is 0 Å². The van der Waals surface area contributed by atoms with Crippen LogP contribution >= 0.6 is 0 Å². The summed E-state index contributed by atoms with van der Waals surface area (Å²) in [5.74, 6) is -0.373. The average molecular weight is 416 g/mol. The van der Waals surface area contributed by atoms with Crippen LogP contribution in [0.5, 0.6) is 0 Å². The van der Waals surface area contributed by atoms with Crippen LogP contribution in [0.15, 0.2) is 48.5 Å². The number of carbonyl (C=O) groups is 1. The van der Waals surface area contributed by atoms with Gasteiger partial charge in [-0.3, -0.25) is 9.10 Å². The lowest BCUT2D eigenvalue weighted by Gasteiger charge is -2.29. The fourth-order valence-corrected chi connectivity index (χ4v) is 4.89. The first-order valence-corrected chi connectivity index (χ1v) is 11.8. The van der Waals surface area contributed by atoms with Gasteiger partial charge in [-0.15, -0.1) is 0 Å². The highest BCUT2D eigenvalue weighted by Crippen LogP contribution is 2.24. The molecule has 1 amide bonds. The predicted octanol–water partition coefficient (Wildman–Crippen LogP) is 3.78. The van der Waals surface area contributed by atoms with Crippen LogP contribution in [0.3, 0.4) is 0 Å². The normalized spacial score (nSPS) is 15.6. The molecule has 29 heavy (non-hydrogen) atoms. The lowest BCUT2D eigenvalue weighted by Crippen LogP contribution is -2.45. The summed E-state index contributed by atoms with van der Waals surface area (Å²) in [5.41, 5.74) is 3.21. The van der Waals surface area contributed by atoms with Gasteiger partial charge in [0, 0.05) is 24.5 Å². The van der Waals surface area contributed by atoms with E-state index in [9.17, 15) is 13.2 Å². The molecule has 0 spiro atoms. The number of aryl methyl sites for hydroxylation is 1. The molecule has 6 nitrogen and oxygen atoms in total. The Morgan fingerprint density at radius 3 is 2.31 bits per heavy atom. The third-order valence-corrected chi connectivity index (χ3v) is 6.44. The molecule has 1 aliphatic rings. The molecule has 0 unspecified atom stereocenters. The molecule has 3 rings (SSSR count). The fraction of sp³-hybridized carbons (Fsp3) is 0.409. The predicted molar refractivity (Wildman–Crippen MR) is 119 cm³/mol. The van der Waals surface area contributed by atoms with Crippen LogP contribution in [0.4, 0.5) is 17.1 Å². The highest BCUT2D eigenvalue weighted by Gasteiger charge is 2.29. The molecule has 1 fully saturated rings. The Morgan fingerprint density at radius 1 is 1.07 bits per heavy atom. The molecule has 2 aromatic carbocycles. The summed E-state index contributed by atoms with van der Waals surface area (Å²) in [7, 11) is -3.63. The van der Waals surface area contributed by atoms with E-state index in [1.807, 2.05) is 37.3 Å². The monoisotopic (exact) mass is 415 g/mol. The summed E-state index contributed by atoms with van der Waals surface area (Å²) < 4.78 is 26.0. The van der Waals surface area contributed by atoms with Crippen molar-refractivity contribution in [2.45, 2.75) is 39.2 Å². The van der Waals surface area contributed by atoms with Crippen molar-refractivity contribution in [3.05, 3.63) is 54.1 Å². The topological polar surface area (TPSA) is 69.7 Å². The van der Waals surface area contributed by atoms with Gasteiger partial charge >= 0.3 is 0 Å². The minimum absolute atomic E-state index is 0.373. The number of amides is 1. The Kier molecular flexibility index (Phi) is 6.47. The summed E-state index contributed by atoms with van der Waals surface area (Å²) >= 11 is 0. The summed E-state index contributed by atoms with van der Waals surface area (Å²) in [6, 6.07) is 14.0. The molecule has 1 atom stereocenters. The first-order valence-electron chi connectivity index (χ1n) is 9.97. The van der Waals surface area contributed by atoms with Crippen LogP contribution in [-0.4, -0.2) is 39.7 Å². The maximum atomic E-state index is 12.8. The minimum Gasteiger partial charge on any atom is -0.372 e. The van der Waals surface area contributed by atoms with E-state index in [0.717, 1.165) is 34.9 Å². The Labute approximate surface area is 173 Å². The summed E-state index contributed by atoms with van der Waals surface area (Å²) in [5, 5.41) is 2.85. The largest absolute Gasteiger partial charge is 0.372 e. The maximum absolute atomic E-state index is 12.8. The quantitative estimate of drug-likeness (QED) is 0.780. The van der Waals surface area contributed by atoms with Gasteiger partial charge in [0.1, 0.15) is 6.04 Å². The molecule has 1 heterocycles. The molecule has 0 bridgehead atoms. The zero-order chi connectivity index (χ0) is 21.0. The lowest BCUT2D eigenvalue weighted by atomic mass is 10.1. The van der Waals surface area contributed by atoms with Crippen LogP contribution in [0.1, 0.15) is 31.7 Å². The number of benzene rings is 2. The number of piperidine rings is 1. The van der Waals surface area contributed by atoms with Crippen LogP contribution in [0.25, 0.3) is 0 Å². The van der Waals surface area contributed by atoms with E-state index in [0.29, 0.717) is 11.4 Å². The van der Waals surface area contributed by atoms with Crippen LogP contribution in [0.2, 0.25) is 0 Å². The van der Waals surface area contributed by atoms with E-state index in [4.69, 9.17) is 0 Å². The molecule has 0 radical (unpaired) electrons. The molecular formula is C22H29N3O3S. The second kappa shape index (κ2) is 8.86. The van der Waals surface area contributed by atoms with Gasteiger partial charge in [-0.25, -0.2) is 8.42 Å². The highest BCUT2D eigenvalue weighted by atomic mass is 32.2. The van der Waals surface area contributed by atoms with Gasteiger partial charge in [0.05, 0.1) is 11.9 Å². The van der Waals surface area contributed by atoms with Gasteiger partial charge in [0.2, 0.25) is 15.9 Å². The molecular weight excluding hydrogens is 386 g/mol. The SMILES string of the molecule is Cc1cccc(N([C@H](C)C(=O)Nc2ccc(N3CCCCC3)cc2)S(C)(=O)=O)c1. The number of carbonyl (C=O) groups excluding carboxylic acids is 1. The van der Waals surface area contributed by atoms with Crippen molar-refractivity contribution >= 4 is 33.0 Å². The van der Waals surface area contributed by atoms with E-state index < -0.39 is 16.1 Å². The second-order valence-corrected chi connectivity index (χ2v) is 9.52. The first kappa shape index (κ1) is 21.2. The Balaban J connectivity index is 1.74. The number of nitrogens with one attached hydrogen (secondary N) is 1. The zero-order valence-corrected chi connectivity index (χ0v) is 18.1. The fourth-order valence-electron chi connectivity index (χ4n) is 3.73. The Bertz CT molecular complexity index is 952. The number of rotatable bonds is 6. The number of nitrogens with zero attached hydrogens (tertiary/aromatic N) is 2. The van der Waals surface area contributed by atoms with E-state index >= 15 is 0 Å². The molecule has 1 saturated heterocycles. The molecule has 0 aromatic heterocycles. The standard InChI is InChI=1S/C22H29N3O3S/c1-17-8-7-9-21(16-17)25(29(3,27)28)18(2)22(26)23-19-10-12-20(13-11-19)24-14-5-4-6-15-24/h7-13,16,18H,4-6,14-15H2,1-3H3,(H,23,26)/t18-/m1/s1. The van der Waals surface area contributed by atoms with Crippen molar-refractivity contribution in [3.63, 3.8) is 0 Å². The van der Waals surface area contributed by atoms with Crippen molar-refractivity contribution in [1.82, 2.24) is 0 Å². The van der Waals surface area contributed by atoms with Gasteiger partial charge < -0.3 is 10.2 Å². The van der Waals surface area contributed by atoms with E-state index in [1.165, 1.54) is 19.3 Å². The van der Waals surface area contributed by atoms with Crippen LogP contribution in [-0.2, 0) is 14.8 Å². The van der Waals surface area contributed by atoms with Crippen molar-refractivity contribution in [2.75, 3.05) is 33.9 Å². The van der Waals surface area contributed by atoms with Gasteiger partial charge in [-0.2, -0.15) is 0 Å². The molecule has 7 heteroatoms. The lowest BCUT2D eigenvalue weighted by molar-refractivity contribution is -0.116. The molecule has 0 saturated carbocycles. The van der Waals surface area contributed by atoms with Gasteiger partial charge in [0.15, 0.2) is 0 Å². The average Bonchev–Trinajstić information content (AvgIpc) is 2.68. The highest BCUT2D eigenvalue weighted by molar-refractivity contribution is 7.92. The van der Waals surface area contributed by atoms with E-state index in [1.54, 1.807) is 25.1 Å². The second-order valence-electron chi connectivity index (χ2n) is 7.66. The summed E-state index contributed by atoms with van der Waals surface area (Å²) in [6.07, 6.45) is 4.80. The van der Waals surface area contributed by atoms with Crippen LogP contribution < -0.4 is 14.5 Å². The molecule has 2 aromatic rings. The third-order valence-electron chi connectivity index (χ3n) is 5.20. The number of anilines is 3. The van der Waals surface area contributed by atoms with E-state index in [-0.39, 0.29) is 5.91 Å². The van der Waals surface area contributed by atoms with E-state index in [2.05, 4.69) is 10.2 Å². The third kappa shape index (κ3) is 5.29. The Hall–Kier alpha value is -2.54. The minimum atomic E-state index is -3.63. The maximum Gasteiger partial charge on any atom is 0.247 e. The smallest absolute Gasteiger partial charge is 0.247 e. The molecule has 156 valence electrons. The number of sulfonamides is 1. The number of hydrogen-bond donors (Lipinski definition) is 1. The van der Waals surface area contributed by atoms with Crippen LogP contribution in [0, 0.1) is 6.92 Å². The van der Waals surface area contributed by atoms with Crippen molar-refractivity contribution < 1.29 is 13.2 Å². The van der Waals surface area contributed by atoms with Crippen molar-refractivity contribution in [3.8, 4) is 0 Å². The van der Waals surface area contributed by atoms with Crippen molar-refractivity contribution in [1.29, 1.82) is 0 Å². The van der Waals surface area contributed by atoms with Gasteiger partial charge in [-0.05, 0) is 75.1 Å². The number of hydrogen-bond acceptors (Lipinski definition) is 4. The summed E-state index contributed by atoms with van der Waals surface area (Å²) in [4.78, 5) is 15.2. The Morgan fingerprint density at radius 2 is 1.72 bits per heavy atom. The van der Waals surface area contributed by atoms with Crippen molar-refractivity contribution in [2.24, 2.45) is 0 Å². The zero-order valence-electron chi connectivity index (χ0n) is 17.3. The summed E-state index contributed by atoms with van der Waals surface area (Å²) in [6.45, 7) is 5.60. The molecule has 1 aliphatic heterocycles. The molecule has 0 aliphatic carbocycles. The molecule has 1 N–H and O–H groups in total.